The summed E-state index contributed by atoms with van der Waals surface area (Å²) in [5.41, 5.74) is 0.206. The quantitative estimate of drug-likeness (QED) is 0.806. The van der Waals surface area contributed by atoms with Gasteiger partial charge in [0.25, 0.3) is 0 Å². The van der Waals surface area contributed by atoms with E-state index in [9.17, 15) is 0 Å². The SMILES string of the molecule is CCC(C)NCc1nc(C2(C)CC2)no1. The fraction of sp³-hybridized carbons (Fsp3) is 0.818. The molecule has 1 N–H and O–H groups in total. The third-order valence-electron chi connectivity index (χ3n) is 3.22. The molecule has 1 fully saturated rings. The third kappa shape index (κ3) is 2.37. The zero-order valence-electron chi connectivity index (χ0n) is 9.71. The van der Waals surface area contributed by atoms with E-state index in [1.54, 1.807) is 0 Å². The van der Waals surface area contributed by atoms with Gasteiger partial charge >= 0.3 is 0 Å². The standard InChI is InChI=1S/C11H19N3O/c1-4-8(2)12-7-9-13-10(14-15-9)11(3)5-6-11/h8,12H,4-7H2,1-3H3. The van der Waals surface area contributed by atoms with E-state index < -0.39 is 0 Å². The molecule has 1 aliphatic rings. The maximum absolute atomic E-state index is 5.20. The summed E-state index contributed by atoms with van der Waals surface area (Å²) < 4.78 is 5.20. The van der Waals surface area contributed by atoms with Gasteiger partial charge in [0, 0.05) is 11.5 Å². The van der Waals surface area contributed by atoms with Gasteiger partial charge in [-0.3, -0.25) is 0 Å². The second kappa shape index (κ2) is 3.93. The van der Waals surface area contributed by atoms with Gasteiger partial charge in [0.1, 0.15) is 0 Å². The molecule has 1 saturated carbocycles. The van der Waals surface area contributed by atoms with Crippen molar-refractivity contribution in [2.45, 2.75) is 58.0 Å². The van der Waals surface area contributed by atoms with Gasteiger partial charge in [0.05, 0.1) is 6.54 Å². The molecule has 0 aliphatic heterocycles. The number of nitrogens with zero attached hydrogens (tertiary/aromatic N) is 2. The van der Waals surface area contributed by atoms with Crippen LogP contribution in [0.25, 0.3) is 0 Å². The first-order valence-corrected chi connectivity index (χ1v) is 5.70. The Kier molecular flexibility index (Phi) is 2.78. The fourth-order valence-corrected chi connectivity index (χ4v) is 1.39. The average Bonchev–Trinajstić information content (AvgIpc) is 2.82. The van der Waals surface area contributed by atoms with Gasteiger partial charge in [-0.1, -0.05) is 19.0 Å². The summed E-state index contributed by atoms with van der Waals surface area (Å²) in [4.78, 5) is 4.41. The Bertz CT molecular complexity index is 330. The minimum absolute atomic E-state index is 0.206. The number of rotatable bonds is 5. The van der Waals surface area contributed by atoms with Crippen LogP contribution in [0, 0.1) is 0 Å². The molecule has 1 unspecified atom stereocenters. The minimum Gasteiger partial charge on any atom is -0.338 e. The summed E-state index contributed by atoms with van der Waals surface area (Å²) in [6.07, 6.45) is 3.48. The lowest BCUT2D eigenvalue weighted by Crippen LogP contribution is -2.24. The van der Waals surface area contributed by atoms with Gasteiger partial charge in [0.15, 0.2) is 5.82 Å². The lowest BCUT2D eigenvalue weighted by molar-refractivity contribution is 0.351. The fourth-order valence-electron chi connectivity index (χ4n) is 1.39. The number of hydrogen-bond acceptors (Lipinski definition) is 4. The second-order valence-corrected chi connectivity index (χ2v) is 4.76. The van der Waals surface area contributed by atoms with Gasteiger partial charge in [0.2, 0.25) is 5.89 Å². The predicted octanol–water partition coefficient (Wildman–Crippen LogP) is 2.01. The van der Waals surface area contributed by atoms with Crippen LogP contribution in [0.3, 0.4) is 0 Å². The third-order valence-corrected chi connectivity index (χ3v) is 3.22. The van der Waals surface area contributed by atoms with Crippen molar-refractivity contribution >= 4 is 0 Å². The Morgan fingerprint density at radius 2 is 2.27 bits per heavy atom. The van der Waals surface area contributed by atoms with E-state index in [1.165, 1.54) is 12.8 Å². The summed E-state index contributed by atoms with van der Waals surface area (Å²) in [5, 5.41) is 7.37. The van der Waals surface area contributed by atoms with Crippen molar-refractivity contribution in [3.63, 3.8) is 0 Å². The molecule has 0 spiro atoms. The van der Waals surface area contributed by atoms with Crippen LogP contribution in [0.2, 0.25) is 0 Å². The van der Waals surface area contributed by atoms with Crippen LogP contribution in [-0.4, -0.2) is 16.2 Å². The topological polar surface area (TPSA) is 51.0 Å². The smallest absolute Gasteiger partial charge is 0.240 e. The summed E-state index contributed by atoms with van der Waals surface area (Å²) >= 11 is 0. The zero-order valence-corrected chi connectivity index (χ0v) is 9.71. The molecule has 0 amide bonds. The Morgan fingerprint density at radius 1 is 1.53 bits per heavy atom. The summed E-state index contributed by atoms with van der Waals surface area (Å²) in [5.74, 6) is 1.59. The van der Waals surface area contributed by atoms with Crippen LogP contribution in [0.5, 0.6) is 0 Å². The van der Waals surface area contributed by atoms with Gasteiger partial charge in [-0.25, -0.2) is 0 Å². The molecule has 0 aromatic carbocycles. The lowest BCUT2D eigenvalue weighted by atomic mass is 10.1. The molecule has 1 aromatic heterocycles. The van der Waals surface area contributed by atoms with E-state index in [1.807, 2.05) is 0 Å². The lowest BCUT2D eigenvalue weighted by Gasteiger charge is -2.07. The summed E-state index contributed by atoms with van der Waals surface area (Å²) in [6, 6.07) is 0.497. The van der Waals surface area contributed by atoms with Gasteiger partial charge in [-0.15, -0.1) is 0 Å². The van der Waals surface area contributed by atoms with Gasteiger partial charge in [-0.2, -0.15) is 4.98 Å². The maximum Gasteiger partial charge on any atom is 0.240 e. The Labute approximate surface area is 90.4 Å². The van der Waals surface area contributed by atoms with E-state index in [0.29, 0.717) is 18.5 Å². The normalized spacial score (nSPS) is 20.2. The maximum atomic E-state index is 5.20. The highest BCUT2D eigenvalue weighted by molar-refractivity contribution is 5.14. The van der Waals surface area contributed by atoms with Crippen molar-refractivity contribution in [2.24, 2.45) is 0 Å². The first-order valence-electron chi connectivity index (χ1n) is 5.70. The van der Waals surface area contributed by atoms with Crippen molar-refractivity contribution in [3.8, 4) is 0 Å². The van der Waals surface area contributed by atoms with Crippen LogP contribution in [0.15, 0.2) is 4.52 Å². The van der Waals surface area contributed by atoms with E-state index in [0.717, 1.165) is 12.2 Å². The van der Waals surface area contributed by atoms with Crippen molar-refractivity contribution in [2.75, 3.05) is 0 Å². The molecule has 4 heteroatoms. The molecule has 84 valence electrons. The molecular weight excluding hydrogens is 190 g/mol. The first-order chi connectivity index (χ1) is 7.14. The second-order valence-electron chi connectivity index (χ2n) is 4.76. The van der Waals surface area contributed by atoms with Crippen molar-refractivity contribution in [1.82, 2.24) is 15.5 Å². The summed E-state index contributed by atoms with van der Waals surface area (Å²) in [7, 11) is 0. The molecule has 0 saturated heterocycles. The minimum atomic E-state index is 0.206. The molecule has 0 radical (unpaired) electrons. The van der Waals surface area contributed by atoms with Crippen molar-refractivity contribution in [1.29, 1.82) is 0 Å². The molecular formula is C11H19N3O. The van der Waals surface area contributed by atoms with Crippen LogP contribution in [0.1, 0.15) is 51.7 Å². The van der Waals surface area contributed by atoms with E-state index in [-0.39, 0.29) is 5.41 Å². The van der Waals surface area contributed by atoms with Crippen LogP contribution in [-0.2, 0) is 12.0 Å². The monoisotopic (exact) mass is 209 g/mol. The van der Waals surface area contributed by atoms with E-state index in [4.69, 9.17) is 4.52 Å². The van der Waals surface area contributed by atoms with Crippen LogP contribution >= 0.6 is 0 Å². The van der Waals surface area contributed by atoms with E-state index in [2.05, 4.69) is 36.2 Å². The van der Waals surface area contributed by atoms with Crippen LogP contribution in [0.4, 0.5) is 0 Å². The molecule has 1 aromatic rings. The molecule has 1 aliphatic carbocycles. The largest absolute Gasteiger partial charge is 0.338 e. The Hall–Kier alpha value is -0.900. The summed E-state index contributed by atoms with van der Waals surface area (Å²) in [6.45, 7) is 7.17. The van der Waals surface area contributed by atoms with Crippen molar-refractivity contribution < 1.29 is 4.52 Å². The molecule has 2 rings (SSSR count). The highest BCUT2D eigenvalue weighted by Crippen LogP contribution is 2.45. The molecule has 1 heterocycles. The van der Waals surface area contributed by atoms with Gasteiger partial charge in [-0.05, 0) is 26.2 Å². The molecule has 0 bridgehead atoms. The highest BCUT2D eigenvalue weighted by Gasteiger charge is 2.43. The zero-order chi connectivity index (χ0) is 10.9. The number of aromatic nitrogens is 2. The highest BCUT2D eigenvalue weighted by atomic mass is 16.5. The van der Waals surface area contributed by atoms with Gasteiger partial charge < -0.3 is 9.84 Å². The first kappa shape index (κ1) is 10.6. The number of hydrogen-bond donors (Lipinski definition) is 1. The Balaban J connectivity index is 1.90. The molecule has 4 nitrogen and oxygen atoms in total. The Morgan fingerprint density at radius 3 is 2.87 bits per heavy atom. The average molecular weight is 209 g/mol. The number of nitrogens with one attached hydrogen (secondary N) is 1. The van der Waals surface area contributed by atoms with Crippen molar-refractivity contribution in [3.05, 3.63) is 11.7 Å². The predicted molar refractivity (Wildman–Crippen MR) is 57.5 cm³/mol. The van der Waals surface area contributed by atoms with E-state index >= 15 is 0 Å². The molecule has 1 atom stereocenters. The molecule has 15 heavy (non-hydrogen) atoms. The van der Waals surface area contributed by atoms with Crippen LogP contribution < -0.4 is 5.32 Å².